The Bertz CT molecular complexity index is 1600. The average molecular weight is 1220 g/mol. The number of aliphatic hydroxyl groups excluding tert-OH is 11. The number of hydrogen-bond donors (Lipinski definition) is 12. The van der Waals surface area contributed by atoms with Crippen LogP contribution in [0.1, 0.15) is 271 Å². The topological polar surface area (TPSA) is 307 Å². The molecule has 19 heteroatoms. The molecule has 17 atom stereocenters. The second kappa shape index (κ2) is 49.3. The predicted molar refractivity (Wildman–Crippen MR) is 328 cm³/mol. The first-order chi connectivity index (χ1) is 41.3. The van der Waals surface area contributed by atoms with Gasteiger partial charge in [0.05, 0.1) is 38.6 Å². The number of ether oxygens (including phenoxy) is 6. The molecule has 0 spiro atoms. The largest absolute Gasteiger partial charge is 0.394 e. The number of hydrogen-bond acceptors (Lipinski definition) is 18. The van der Waals surface area contributed by atoms with Crippen molar-refractivity contribution in [3.05, 3.63) is 12.2 Å². The van der Waals surface area contributed by atoms with Crippen molar-refractivity contribution in [1.82, 2.24) is 5.32 Å². The number of allylic oxidation sites excluding steroid dienone is 2. The van der Waals surface area contributed by atoms with Crippen LogP contribution in [-0.2, 0) is 33.2 Å². The van der Waals surface area contributed by atoms with E-state index >= 15 is 0 Å². The minimum absolute atomic E-state index is 0.248. The van der Waals surface area contributed by atoms with E-state index < -0.39 is 124 Å². The third kappa shape index (κ3) is 31.9. The third-order valence-corrected chi connectivity index (χ3v) is 17.6. The Morgan fingerprint density at radius 2 is 0.741 bits per heavy atom. The molecule has 3 aliphatic heterocycles. The lowest BCUT2D eigenvalue weighted by Crippen LogP contribution is -2.66. The van der Waals surface area contributed by atoms with Crippen molar-refractivity contribution in [2.24, 2.45) is 0 Å². The Balaban J connectivity index is 1.42. The number of amides is 1. The normalized spacial score (nSPS) is 29.0. The molecule has 3 fully saturated rings. The van der Waals surface area contributed by atoms with Crippen LogP contribution >= 0.6 is 0 Å². The quantitative estimate of drug-likeness (QED) is 0.0201. The highest BCUT2D eigenvalue weighted by molar-refractivity contribution is 5.76. The van der Waals surface area contributed by atoms with Gasteiger partial charge in [-0.1, -0.05) is 238 Å². The fraction of sp³-hybridized carbons (Fsp3) is 0.955. The molecular weight excluding hydrogens is 1090 g/mol. The standard InChI is InChI=1S/C66H125NO18/c1-3-5-7-9-11-13-15-17-19-20-21-22-23-24-25-26-27-28-30-31-33-35-37-39-41-43-50(71)49(67-54(72)44-42-40-38-36-34-32-29-18-16-14-12-10-8-6-4-2)48-80-64-60(78)57(75)62(52(46-69)82-64)85-66-61(79)58(76)63(53(47-70)83-66)84-65-59(77)56(74)55(73)51(45-68)81-65/h18,29,49-53,55-66,68-71,73-79H,3-17,19-28,30-48H2,1-2H3,(H,67,72)/b29-18-. The van der Waals surface area contributed by atoms with Crippen LogP contribution in [-0.4, -0.2) is 193 Å². The van der Waals surface area contributed by atoms with E-state index in [4.69, 9.17) is 28.4 Å². The highest BCUT2D eigenvalue weighted by Crippen LogP contribution is 2.33. The molecule has 3 heterocycles. The summed E-state index contributed by atoms with van der Waals surface area (Å²) in [7, 11) is 0. The van der Waals surface area contributed by atoms with Crippen molar-refractivity contribution in [2.45, 2.75) is 375 Å². The summed E-state index contributed by atoms with van der Waals surface area (Å²) in [5.41, 5.74) is 0. The van der Waals surface area contributed by atoms with Crippen LogP contribution in [0.5, 0.6) is 0 Å². The molecule has 0 aromatic heterocycles. The molecule has 0 saturated carbocycles. The first kappa shape index (κ1) is 77.8. The number of unbranched alkanes of at least 4 members (excludes halogenated alkanes) is 35. The zero-order chi connectivity index (χ0) is 61.9. The first-order valence-electron chi connectivity index (χ1n) is 34.4. The molecule has 17 unspecified atom stereocenters. The van der Waals surface area contributed by atoms with E-state index in [9.17, 15) is 61.0 Å². The SMILES string of the molecule is CCCCCCCC/C=C\CCCCCCCC(=O)NC(COC1OC(CO)C(OC2OC(CO)C(OC3OC(CO)C(O)C(O)C3O)C(O)C2O)C(O)C1O)C(O)CCCCCCCCCCCCCCCCCCCCCCCCCCC. The molecule has 0 radical (unpaired) electrons. The van der Waals surface area contributed by atoms with Gasteiger partial charge >= 0.3 is 0 Å². The maximum atomic E-state index is 13.4. The number of aliphatic hydroxyl groups is 11. The molecule has 85 heavy (non-hydrogen) atoms. The van der Waals surface area contributed by atoms with Gasteiger partial charge in [0.15, 0.2) is 18.9 Å². The molecule has 0 aromatic carbocycles. The molecule has 3 rings (SSSR count). The van der Waals surface area contributed by atoms with Gasteiger partial charge in [0.2, 0.25) is 5.91 Å². The Kier molecular flexibility index (Phi) is 45.1. The van der Waals surface area contributed by atoms with Gasteiger partial charge in [-0.05, 0) is 38.5 Å². The molecule has 3 aliphatic rings. The maximum Gasteiger partial charge on any atom is 0.220 e. The fourth-order valence-electron chi connectivity index (χ4n) is 12.0. The summed E-state index contributed by atoms with van der Waals surface area (Å²) in [4.78, 5) is 13.4. The number of carbonyl (C=O) groups is 1. The van der Waals surface area contributed by atoms with Crippen LogP contribution in [0.2, 0.25) is 0 Å². The van der Waals surface area contributed by atoms with E-state index in [0.717, 1.165) is 64.2 Å². The molecular formula is C66H125NO18. The minimum atomic E-state index is -1.97. The van der Waals surface area contributed by atoms with Crippen LogP contribution in [0.3, 0.4) is 0 Å². The van der Waals surface area contributed by atoms with Gasteiger partial charge in [0.1, 0.15) is 73.2 Å². The van der Waals surface area contributed by atoms with Gasteiger partial charge in [-0.2, -0.15) is 0 Å². The molecule has 1 amide bonds. The molecule has 502 valence electrons. The predicted octanol–water partition coefficient (Wildman–Crippen LogP) is 8.50. The van der Waals surface area contributed by atoms with E-state index in [1.54, 1.807) is 0 Å². The summed E-state index contributed by atoms with van der Waals surface area (Å²) in [5.74, 6) is -0.248. The summed E-state index contributed by atoms with van der Waals surface area (Å²) >= 11 is 0. The Labute approximate surface area is 512 Å². The maximum absolute atomic E-state index is 13.4. The Morgan fingerprint density at radius 1 is 0.412 bits per heavy atom. The van der Waals surface area contributed by atoms with E-state index in [1.807, 2.05) is 0 Å². The van der Waals surface area contributed by atoms with E-state index in [2.05, 4.69) is 31.3 Å². The lowest BCUT2D eigenvalue weighted by molar-refractivity contribution is -0.379. The van der Waals surface area contributed by atoms with Gasteiger partial charge in [-0.25, -0.2) is 0 Å². The van der Waals surface area contributed by atoms with E-state index in [-0.39, 0.29) is 18.9 Å². The number of carbonyl (C=O) groups excluding carboxylic acids is 1. The zero-order valence-corrected chi connectivity index (χ0v) is 52.9. The Hall–Kier alpha value is -1.47. The van der Waals surface area contributed by atoms with Crippen LogP contribution in [0.25, 0.3) is 0 Å². The van der Waals surface area contributed by atoms with Crippen LogP contribution in [0.4, 0.5) is 0 Å². The molecule has 19 nitrogen and oxygen atoms in total. The monoisotopic (exact) mass is 1220 g/mol. The lowest BCUT2D eigenvalue weighted by atomic mass is 9.96. The van der Waals surface area contributed by atoms with Crippen LogP contribution in [0.15, 0.2) is 12.2 Å². The van der Waals surface area contributed by atoms with Gasteiger partial charge in [-0.15, -0.1) is 0 Å². The van der Waals surface area contributed by atoms with Crippen molar-refractivity contribution in [2.75, 3.05) is 26.4 Å². The van der Waals surface area contributed by atoms with Gasteiger partial charge in [-0.3, -0.25) is 4.79 Å². The molecule has 0 aromatic rings. The number of nitrogens with one attached hydrogen (secondary N) is 1. The average Bonchev–Trinajstić information content (AvgIpc) is 3.49. The molecule has 12 N–H and O–H groups in total. The van der Waals surface area contributed by atoms with E-state index in [1.165, 1.54) is 173 Å². The summed E-state index contributed by atoms with van der Waals surface area (Å²) in [6, 6.07) is -0.889. The highest BCUT2D eigenvalue weighted by Gasteiger charge is 2.53. The van der Waals surface area contributed by atoms with Crippen molar-refractivity contribution < 1.29 is 89.4 Å². The van der Waals surface area contributed by atoms with Crippen LogP contribution in [0, 0.1) is 0 Å². The van der Waals surface area contributed by atoms with Crippen molar-refractivity contribution in [3.8, 4) is 0 Å². The summed E-state index contributed by atoms with van der Waals surface area (Å²) in [6.07, 6.45) is 25.8. The fourth-order valence-corrected chi connectivity index (χ4v) is 12.0. The van der Waals surface area contributed by atoms with Crippen molar-refractivity contribution in [3.63, 3.8) is 0 Å². The molecule has 0 aliphatic carbocycles. The van der Waals surface area contributed by atoms with Crippen molar-refractivity contribution in [1.29, 1.82) is 0 Å². The van der Waals surface area contributed by atoms with Gasteiger partial charge < -0.3 is 89.9 Å². The van der Waals surface area contributed by atoms with Gasteiger partial charge in [0, 0.05) is 6.42 Å². The third-order valence-electron chi connectivity index (χ3n) is 17.6. The zero-order valence-electron chi connectivity index (χ0n) is 52.9. The second-order valence-electron chi connectivity index (χ2n) is 25.0. The van der Waals surface area contributed by atoms with Gasteiger partial charge in [0.25, 0.3) is 0 Å². The van der Waals surface area contributed by atoms with Crippen LogP contribution < -0.4 is 5.32 Å². The first-order valence-corrected chi connectivity index (χ1v) is 34.4. The summed E-state index contributed by atoms with van der Waals surface area (Å²) < 4.78 is 34.4. The minimum Gasteiger partial charge on any atom is -0.394 e. The Morgan fingerprint density at radius 3 is 1.14 bits per heavy atom. The summed E-state index contributed by atoms with van der Waals surface area (Å²) in [6.45, 7) is 1.81. The lowest BCUT2D eigenvalue weighted by Gasteiger charge is -2.48. The molecule has 0 bridgehead atoms. The highest BCUT2D eigenvalue weighted by atomic mass is 16.8. The summed E-state index contributed by atoms with van der Waals surface area (Å²) in [5, 5.41) is 121. The second-order valence-corrected chi connectivity index (χ2v) is 25.0. The molecule has 3 saturated heterocycles. The number of rotatable bonds is 53. The van der Waals surface area contributed by atoms with Crippen molar-refractivity contribution >= 4 is 5.91 Å². The van der Waals surface area contributed by atoms with E-state index in [0.29, 0.717) is 12.8 Å². The smallest absolute Gasteiger partial charge is 0.220 e.